The molecule has 2 aromatic carbocycles. The fourth-order valence-electron chi connectivity index (χ4n) is 2.23. The summed E-state index contributed by atoms with van der Waals surface area (Å²) < 4.78 is 49.9. The van der Waals surface area contributed by atoms with E-state index in [2.05, 4.69) is 5.32 Å². The quantitative estimate of drug-likeness (QED) is 0.815. The van der Waals surface area contributed by atoms with Crippen LogP contribution < -0.4 is 14.8 Å². The molecule has 4 nitrogen and oxygen atoms in total. The van der Waals surface area contributed by atoms with E-state index in [9.17, 15) is 18.0 Å². The third-order valence-electron chi connectivity index (χ3n) is 3.29. The molecule has 134 valence electrons. The van der Waals surface area contributed by atoms with Crippen LogP contribution in [0.4, 0.5) is 18.9 Å². The van der Waals surface area contributed by atoms with Gasteiger partial charge in [-0.25, -0.2) is 0 Å². The van der Waals surface area contributed by atoms with E-state index in [4.69, 9.17) is 9.47 Å². The van der Waals surface area contributed by atoms with Crippen molar-refractivity contribution in [2.75, 3.05) is 18.5 Å². The van der Waals surface area contributed by atoms with Crippen LogP contribution in [0.5, 0.6) is 11.5 Å². The molecule has 25 heavy (non-hydrogen) atoms. The number of carbonyl (C=O) groups excluding carboxylic acids is 1. The number of benzene rings is 2. The van der Waals surface area contributed by atoms with Crippen LogP contribution in [0, 0.1) is 0 Å². The lowest BCUT2D eigenvalue weighted by Crippen LogP contribution is -2.16. The predicted octanol–water partition coefficient (Wildman–Crippen LogP) is 4.76. The Morgan fingerprint density at radius 3 is 2.28 bits per heavy atom. The van der Waals surface area contributed by atoms with E-state index in [1.165, 1.54) is 30.3 Å². The molecule has 0 saturated carbocycles. The second-order valence-corrected chi connectivity index (χ2v) is 5.03. The Morgan fingerprint density at radius 2 is 1.64 bits per heavy atom. The van der Waals surface area contributed by atoms with E-state index in [1.807, 2.05) is 6.92 Å². The van der Waals surface area contributed by atoms with Gasteiger partial charge in [0.25, 0.3) is 5.91 Å². The molecule has 0 bridgehead atoms. The number of hydrogen-bond acceptors (Lipinski definition) is 3. The van der Waals surface area contributed by atoms with Gasteiger partial charge in [0.2, 0.25) is 0 Å². The average Bonchev–Trinajstić information content (AvgIpc) is 2.56. The predicted molar refractivity (Wildman–Crippen MR) is 88.2 cm³/mol. The monoisotopic (exact) mass is 353 g/mol. The molecule has 0 saturated heterocycles. The van der Waals surface area contributed by atoms with Gasteiger partial charge in [0.1, 0.15) is 0 Å². The molecule has 2 aromatic rings. The highest BCUT2D eigenvalue weighted by atomic mass is 19.4. The molecule has 2 rings (SSSR count). The molecule has 0 atom stereocenters. The summed E-state index contributed by atoms with van der Waals surface area (Å²) in [6.07, 6.45) is -4.56. The number of nitrogens with one attached hydrogen (secondary N) is 1. The molecule has 7 heteroatoms. The Kier molecular flexibility index (Phi) is 5.90. The van der Waals surface area contributed by atoms with Gasteiger partial charge < -0.3 is 14.8 Å². The van der Waals surface area contributed by atoms with Crippen molar-refractivity contribution in [3.63, 3.8) is 0 Å². The SMILES string of the molecule is CCOc1ccc(C(=O)Nc2ccccc2C(F)(F)F)cc1OCC. The van der Waals surface area contributed by atoms with E-state index < -0.39 is 17.6 Å². The van der Waals surface area contributed by atoms with Crippen molar-refractivity contribution in [2.45, 2.75) is 20.0 Å². The lowest BCUT2D eigenvalue weighted by atomic mass is 10.1. The maximum Gasteiger partial charge on any atom is 0.418 e. The van der Waals surface area contributed by atoms with Gasteiger partial charge in [-0.05, 0) is 44.2 Å². The van der Waals surface area contributed by atoms with Gasteiger partial charge in [-0.2, -0.15) is 13.2 Å². The van der Waals surface area contributed by atoms with Crippen LogP contribution in [0.25, 0.3) is 0 Å². The molecule has 0 spiro atoms. The number of anilines is 1. The number of alkyl halides is 3. The second-order valence-electron chi connectivity index (χ2n) is 5.03. The highest BCUT2D eigenvalue weighted by molar-refractivity contribution is 6.05. The van der Waals surface area contributed by atoms with Gasteiger partial charge in [-0.1, -0.05) is 12.1 Å². The van der Waals surface area contributed by atoms with Crippen molar-refractivity contribution in [2.24, 2.45) is 0 Å². The van der Waals surface area contributed by atoms with Gasteiger partial charge in [0, 0.05) is 5.56 Å². The average molecular weight is 353 g/mol. The van der Waals surface area contributed by atoms with Crippen LogP contribution >= 0.6 is 0 Å². The van der Waals surface area contributed by atoms with Crippen molar-refractivity contribution in [3.05, 3.63) is 53.6 Å². The number of ether oxygens (including phenoxy) is 2. The molecule has 0 radical (unpaired) electrons. The van der Waals surface area contributed by atoms with Crippen LogP contribution in [0.15, 0.2) is 42.5 Å². The van der Waals surface area contributed by atoms with Crippen LogP contribution in [-0.4, -0.2) is 19.1 Å². The summed E-state index contributed by atoms with van der Waals surface area (Å²) in [6, 6.07) is 9.29. The molecule has 0 unspecified atom stereocenters. The highest BCUT2D eigenvalue weighted by Gasteiger charge is 2.33. The summed E-state index contributed by atoms with van der Waals surface area (Å²) in [5.74, 6) is 0.165. The molecule has 0 aliphatic heterocycles. The summed E-state index contributed by atoms with van der Waals surface area (Å²) in [7, 11) is 0. The summed E-state index contributed by atoms with van der Waals surface area (Å²) in [4.78, 5) is 12.3. The van der Waals surface area contributed by atoms with Crippen molar-refractivity contribution >= 4 is 11.6 Å². The maximum atomic E-state index is 13.0. The van der Waals surface area contributed by atoms with E-state index in [0.717, 1.165) is 6.07 Å². The first kappa shape index (κ1) is 18.6. The Labute approximate surface area is 143 Å². The summed E-state index contributed by atoms with van der Waals surface area (Å²) in [5.41, 5.74) is -1.03. The lowest BCUT2D eigenvalue weighted by Gasteiger charge is -2.15. The van der Waals surface area contributed by atoms with Crippen molar-refractivity contribution in [3.8, 4) is 11.5 Å². The first-order valence-electron chi connectivity index (χ1n) is 7.74. The first-order chi connectivity index (χ1) is 11.9. The standard InChI is InChI=1S/C18H18F3NO3/c1-3-24-15-10-9-12(11-16(15)25-4-2)17(23)22-14-8-6-5-7-13(14)18(19,20)21/h5-11H,3-4H2,1-2H3,(H,22,23). The van der Waals surface area contributed by atoms with Crippen LogP contribution in [0.1, 0.15) is 29.8 Å². The molecule has 0 fully saturated rings. The molecule has 0 heterocycles. The molecular formula is C18H18F3NO3. The van der Waals surface area contributed by atoms with Crippen LogP contribution in [-0.2, 0) is 6.18 Å². The van der Waals surface area contributed by atoms with Crippen molar-refractivity contribution < 1.29 is 27.4 Å². The Bertz CT molecular complexity index is 745. The fraction of sp³-hybridized carbons (Fsp3) is 0.278. The first-order valence-corrected chi connectivity index (χ1v) is 7.74. The third-order valence-corrected chi connectivity index (χ3v) is 3.29. The van der Waals surface area contributed by atoms with Gasteiger partial charge in [-0.15, -0.1) is 0 Å². The molecule has 0 aromatic heterocycles. The third kappa shape index (κ3) is 4.65. The summed E-state index contributed by atoms with van der Waals surface area (Å²) in [5, 5.41) is 2.30. The Hall–Kier alpha value is -2.70. The van der Waals surface area contributed by atoms with Gasteiger partial charge in [-0.3, -0.25) is 4.79 Å². The topological polar surface area (TPSA) is 47.6 Å². The normalized spacial score (nSPS) is 11.1. The van der Waals surface area contributed by atoms with E-state index >= 15 is 0 Å². The maximum absolute atomic E-state index is 13.0. The minimum absolute atomic E-state index is 0.170. The number of para-hydroxylation sites is 1. The minimum atomic E-state index is -4.56. The van der Waals surface area contributed by atoms with Gasteiger partial charge >= 0.3 is 6.18 Å². The number of rotatable bonds is 6. The fourth-order valence-corrected chi connectivity index (χ4v) is 2.23. The largest absolute Gasteiger partial charge is 0.490 e. The molecule has 1 amide bonds. The van der Waals surface area contributed by atoms with Crippen molar-refractivity contribution in [1.29, 1.82) is 0 Å². The van der Waals surface area contributed by atoms with E-state index in [-0.39, 0.29) is 11.3 Å². The zero-order valence-electron chi connectivity index (χ0n) is 13.8. The molecule has 0 aliphatic rings. The van der Waals surface area contributed by atoms with E-state index in [1.54, 1.807) is 13.0 Å². The number of halogens is 3. The molecule has 1 N–H and O–H groups in total. The minimum Gasteiger partial charge on any atom is -0.490 e. The van der Waals surface area contributed by atoms with E-state index in [0.29, 0.717) is 24.7 Å². The molecular weight excluding hydrogens is 335 g/mol. The summed E-state index contributed by atoms with van der Waals surface area (Å²) in [6.45, 7) is 4.37. The number of amides is 1. The highest BCUT2D eigenvalue weighted by Crippen LogP contribution is 2.35. The zero-order valence-corrected chi connectivity index (χ0v) is 13.8. The Balaban J connectivity index is 2.29. The smallest absolute Gasteiger partial charge is 0.418 e. The Morgan fingerprint density at radius 1 is 1.00 bits per heavy atom. The van der Waals surface area contributed by atoms with Crippen LogP contribution in [0.2, 0.25) is 0 Å². The number of hydrogen-bond donors (Lipinski definition) is 1. The summed E-state index contributed by atoms with van der Waals surface area (Å²) >= 11 is 0. The lowest BCUT2D eigenvalue weighted by molar-refractivity contribution is -0.136. The van der Waals surface area contributed by atoms with Gasteiger partial charge in [0.05, 0.1) is 24.5 Å². The van der Waals surface area contributed by atoms with Crippen LogP contribution in [0.3, 0.4) is 0 Å². The second kappa shape index (κ2) is 7.92. The zero-order chi connectivity index (χ0) is 18.4. The van der Waals surface area contributed by atoms with Crippen molar-refractivity contribution in [1.82, 2.24) is 0 Å². The molecule has 0 aliphatic carbocycles. The number of carbonyl (C=O) groups is 1. The van der Waals surface area contributed by atoms with Gasteiger partial charge in [0.15, 0.2) is 11.5 Å².